The van der Waals surface area contributed by atoms with Crippen molar-refractivity contribution in [2.45, 2.75) is 17.5 Å². The van der Waals surface area contributed by atoms with Gasteiger partial charge in [0.05, 0.1) is 0 Å². The Morgan fingerprint density at radius 1 is 1.27 bits per heavy atom. The maximum Gasteiger partial charge on any atom is 0.258 e. The Balaban J connectivity index is 1.74. The zero-order valence-corrected chi connectivity index (χ0v) is 14.2. The van der Waals surface area contributed by atoms with Crippen LogP contribution >= 0.6 is 15.9 Å². The van der Waals surface area contributed by atoms with Crippen molar-refractivity contribution in [3.8, 4) is 0 Å². The number of nitrogens with zero attached hydrogens (tertiary/aromatic N) is 1. The fourth-order valence-corrected chi connectivity index (χ4v) is 3.77. The summed E-state index contributed by atoms with van der Waals surface area (Å²) in [5, 5.41) is 3.38. The van der Waals surface area contributed by atoms with Crippen LogP contribution in [0, 0.1) is 0 Å². The first-order valence-electron chi connectivity index (χ1n) is 6.99. The molecule has 3 rings (SSSR count). The standard InChI is InChI=1S/C15H16BrN3O2S/c16-12-5-6-15(18-9-12)22(20,21)19-10-14-13-4-2-1-3-11(13)7-8-17-14/h1-6,9,14,17,19H,7-8,10H2. The summed E-state index contributed by atoms with van der Waals surface area (Å²) in [6.07, 6.45) is 2.44. The highest BCUT2D eigenvalue weighted by molar-refractivity contribution is 9.10. The third kappa shape index (κ3) is 3.38. The van der Waals surface area contributed by atoms with Crippen LogP contribution in [-0.2, 0) is 16.4 Å². The molecule has 0 spiro atoms. The normalized spacial score (nSPS) is 18.0. The third-order valence-corrected chi connectivity index (χ3v) is 5.48. The molecular weight excluding hydrogens is 366 g/mol. The van der Waals surface area contributed by atoms with Crippen LogP contribution in [0.3, 0.4) is 0 Å². The number of hydrogen-bond acceptors (Lipinski definition) is 4. The first-order valence-corrected chi connectivity index (χ1v) is 9.26. The minimum Gasteiger partial charge on any atom is -0.308 e. The average Bonchev–Trinajstić information content (AvgIpc) is 2.53. The molecule has 0 bridgehead atoms. The zero-order chi connectivity index (χ0) is 15.6. The number of rotatable bonds is 4. The minimum absolute atomic E-state index is 0.0184. The van der Waals surface area contributed by atoms with E-state index in [-0.39, 0.29) is 11.1 Å². The Labute approximate surface area is 138 Å². The summed E-state index contributed by atoms with van der Waals surface area (Å²) in [7, 11) is -3.60. The zero-order valence-electron chi connectivity index (χ0n) is 11.8. The molecule has 1 aromatic heterocycles. The van der Waals surface area contributed by atoms with E-state index >= 15 is 0 Å². The number of nitrogens with one attached hydrogen (secondary N) is 2. The number of pyridine rings is 1. The molecule has 116 valence electrons. The molecule has 0 radical (unpaired) electrons. The van der Waals surface area contributed by atoms with Gasteiger partial charge in [0, 0.05) is 23.3 Å². The van der Waals surface area contributed by atoms with E-state index in [1.165, 1.54) is 17.8 Å². The van der Waals surface area contributed by atoms with Crippen molar-refractivity contribution >= 4 is 26.0 Å². The molecule has 0 amide bonds. The van der Waals surface area contributed by atoms with Crippen LogP contribution in [0.25, 0.3) is 0 Å². The molecule has 0 fully saturated rings. The second kappa shape index (κ2) is 6.45. The lowest BCUT2D eigenvalue weighted by Crippen LogP contribution is -2.39. The number of halogens is 1. The van der Waals surface area contributed by atoms with Crippen molar-refractivity contribution in [1.82, 2.24) is 15.0 Å². The van der Waals surface area contributed by atoms with E-state index in [2.05, 4.69) is 37.0 Å². The van der Waals surface area contributed by atoms with Crippen LogP contribution in [0.1, 0.15) is 17.2 Å². The average molecular weight is 382 g/mol. The maximum absolute atomic E-state index is 12.3. The van der Waals surface area contributed by atoms with Gasteiger partial charge in [-0.05, 0) is 52.2 Å². The molecule has 0 saturated carbocycles. The van der Waals surface area contributed by atoms with E-state index in [0.717, 1.165) is 23.0 Å². The third-order valence-electron chi connectivity index (χ3n) is 3.67. The summed E-state index contributed by atoms with van der Waals surface area (Å²) in [5.41, 5.74) is 2.42. The van der Waals surface area contributed by atoms with Crippen LogP contribution < -0.4 is 10.0 Å². The molecule has 0 aliphatic carbocycles. The van der Waals surface area contributed by atoms with Gasteiger partial charge in [0.1, 0.15) is 0 Å². The molecule has 1 atom stereocenters. The van der Waals surface area contributed by atoms with Crippen LogP contribution in [0.5, 0.6) is 0 Å². The molecule has 1 unspecified atom stereocenters. The van der Waals surface area contributed by atoms with Crippen molar-refractivity contribution in [3.05, 3.63) is 58.2 Å². The molecule has 0 saturated heterocycles. The second-order valence-electron chi connectivity index (χ2n) is 5.12. The predicted molar refractivity (Wildman–Crippen MR) is 88.0 cm³/mol. The van der Waals surface area contributed by atoms with Gasteiger partial charge >= 0.3 is 0 Å². The van der Waals surface area contributed by atoms with Crippen molar-refractivity contribution in [2.24, 2.45) is 0 Å². The monoisotopic (exact) mass is 381 g/mol. The van der Waals surface area contributed by atoms with Gasteiger partial charge < -0.3 is 5.32 Å². The Bertz CT molecular complexity index is 763. The van der Waals surface area contributed by atoms with E-state index in [1.807, 2.05) is 18.2 Å². The van der Waals surface area contributed by atoms with Gasteiger partial charge in [0.2, 0.25) is 0 Å². The Morgan fingerprint density at radius 3 is 2.86 bits per heavy atom. The number of sulfonamides is 1. The number of aromatic nitrogens is 1. The smallest absolute Gasteiger partial charge is 0.258 e. The number of benzene rings is 1. The molecule has 1 aliphatic heterocycles. The van der Waals surface area contributed by atoms with E-state index in [1.54, 1.807) is 6.07 Å². The maximum atomic E-state index is 12.3. The van der Waals surface area contributed by atoms with Crippen molar-refractivity contribution < 1.29 is 8.42 Å². The van der Waals surface area contributed by atoms with Crippen LogP contribution in [0.4, 0.5) is 0 Å². The van der Waals surface area contributed by atoms with Gasteiger partial charge in [-0.15, -0.1) is 0 Å². The van der Waals surface area contributed by atoms with Gasteiger partial charge in [-0.1, -0.05) is 24.3 Å². The summed E-state index contributed by atoms with van der Waals surface area (Å²) >= 11 is 3.24. The summed E-state index contributed by atoms with van der Waals surface area (Å²) in [5.74, 6) is 0. The van der Waals surface area contributed by atoms with Gasteiger partial charge in [0.15, 0.2) is 5.03 Å². The Kier molecular flexibility index (Phi) is 4.58. The highest BCUT2D eigenvalue weighted by Crippen LogP contribution is 2.22. The lowest BCUT2D eigenvalue weighted by atomic mass is 9.95. The lowest BCUT2D eigenvalue weighted by Gasteiger charge is -2.27. The summed E-state index contributed by atoms with van der Waals surface area (Å²) < 4.78 is 27.9. The molecule has 1 aliphatic rings. The van der Waals surface area contributed by atoms with Gasteiger partial charge in [0.25, 0.3) is 10.0 Å². The molecule has 2 aromatic rings. The highest BCUT2D eigenvalue weighted by Gasteiger charge is 2.22. The van der Waals surface area contributed by atoms with E-state index in [4.69, 9.17) is 0 Å². The van der Waals surface area contributed by atoms with Crippen molar-refractivity contribution in [1.29, 1.82) is 0 Å². The first-order chi connectivity index (χ1) is 10.6. The largest absolute Gasteiger partial charge is 0.308 e. The minimum atomic E-state index is -3.60. The topological polar surface area (TPSA) is 71.1 Å². The van der Waals surface area contributed by atoms with E-state index < -0.39 is 10.0 Å². The molecular formula is C15H16BrN3O2S. The fourth-order valence-electron chi connectivity index (χ4n) is 2.56. The summed E-state index contributed by atoms with van der Waals surface area (Å²) in [6.45, 7) is 1.15. The van der Waals surface area contributed by atoms with E-state index in [0.29, 0.717) is 6.54 Å². The highest BCUT2D eigenvalue weighted by atomic mass is 79.9. The van der Waals surface area contributed by atoms with E-state index in [9.17, 15) is 8.42 Å². The van der Waals surface area contributed by atoms with Crippen LogP contribution in [0.15, 0.2) is 52.1 Å². The molecule has 1 aromatic carbocycles. The fraction of sp³-hybridized carbons (Fsp3) is 0.267. The van der Waals surface area contributed by atoms with Crippen LogP contribution in [0.2, 0.25) is 0 Å². The summed E-state index contributed by atoms with van der Waals surface area (Å²) in [4.78, 5) is 3.94. The predicted octanol–water partition coefficient (Wildman–Crippen LogP) is 2.01. The second-order valence-corrected chi connectivity index (χ2v) is 7.75. The summed E-state index contributed by atoms with van der Waals surface area (Å²) in [6, 6.07) is 11.2. The van der Waals surface area contributed by atoms with Gasteiger partial charge in [-0.25, -0.2) is 18.1 Å². The number of fused-ring (bicyclic) bond motifs is 1. The van der Waals surface area contributed by atoms with Crippen molar-refractivity contribution in [2.75, 3.05) is 13.1 Å². The number of hydrogen-bond donors (Lipinski definition) is 2. The molecule has 2 N–H and O–H groups in total. The van der Waals surface area contributed by atoms with Crippen molar-refractivity contribution in [3.63, 3.8) is 0 Å². The molecule has 5 nitrogen and oxygen atoms in total. The molecule has 22 heavy (non-hydrogen) atoms. The van der Waals surface area contributed by atoms with Gasteiger partial charge in [-0.3, -0.25) is 0 Å². The van der Waals surface area contributed by atoms with Gasteiger partial charge in [-0.2, -0.15) is 0 Å². The Morgan fingerprint density at radius 2 is 2.09 bits per heavy atom. The Hall–Kier alpha value is -1.28. The SMILES string of the molecule is O=S(=O)(NCC1NCCc2ccccc21)c1ccc(Br)cn1. The quantitative estimate of drug-likeness (QED) is 0.849. The molecule has 7 heteroatoms. The lowest BCUT2D eigenvalue weighted by molar-refractivity contribution is 0.491. The van der Waals surface area contributed by atoms with Crippen LogP contribution in [-0.4, -0.2) is 26.5 Å². The first kappa shape index (κ1) is 15.6. The molecule has 2 heterocycles.